The molecule has 1 aliphatic rings. The lowest BCUT2D eigenvalue weighted by Crippen LogP contribution is -2.36. The Morgan fingerprint density at radius 2 is 1.88 bits per heavy atom. The Bertz CT molecular complexity index is 552. The van der Waals surface area contributed by atoms with Crippen molar-refractivity contribution in [2.45, 2.75) is 52.5 Å². The van der Waals surface area contributed by atoms with Crippen LogP contribution in [0, 0.1) is 5.92 Å². The molecule has 0 bridgehead atoms. The van der Waals surface area contributed by atoms with Gasteiger partial charge in [0.1, 0.15) is 0 Å². The molecular formula is C14H21NO2. The molecule has 0 spiro atoms. The van der Waals surface area contributed by atoms with Crippen molar-refractivity contribution in [2.24, 2.45) is 5.92 Å². The van der Waals surface area contributed by atoms with Crippen LogP contribution in [0.2, 0.25) is 0 Å². The minimum atomic E-state index is -0.245. The van der Waals surface area contributed by atoms with Crippen molar-refractivity contribution in [3.8, 4) is 0 Å². The number of hydrogen-bond donors (Lipinski definition) is 0. The molecule has 0 unspecified atom stereocenters. The van der Waals surface area contributed by atoms with Crippen LogP contribution in [-0.2, 0) is 0 Å². The van der Waals surface area contributed by atoms with E-state index in [1.54, 1.807) is 4.57 Å². The maximum Gasteiger partial charge on any atom is 0.420 e. The van der Waals surface area contributed by atoms with Crippen LogP contribution in [0.5, 0.6) is 0 Å². The molecule has 0 radical (unpaired) electrons. The fourth-order valence-electron chi connectivity index (χ4n) is 2.68. The van der Waals surface area contributed by atoms with Crippen LogP contribution in [0.25, 0.3) is 12.2 Å². The Kier molecular flexibility index (Phi) is 3.27. The van der Waals surface area contributed by atoms with Gasteiger partial charge in [-0.25, -0.2) is 4.79 Å². The minimum Gasteiger partial charge on any atom is -0.408 e. The van der Waals surface area contributed by atoms with Crippen molar-refractivity contribution in [2.75, 3.05) is 0 Å². The van der Waals surface area contributed by atoms with Crippen LogP contribution in [0.4, 0.5) is 0 Å². The van der Waals surface area contributed by atoms with E-state index >= 15 is 0 Å². The van der Waals surface area contributed by atoms with E-state index in [0.717, 1.165) is 29.7 Å². The standard InChI is InChI=1S/C14H21NO2/c1-9(2)13-11(4)15(14(16)17-13)12-7-5-10(3)6-8-12/h10,12H,4-8H2,1-3H3. The number of oxazole rings is 1. The molecule has 0 amide bonds. The summed E-state index contributed by atoms with van der Waals surface area (Å²) in [6, 6.07) is 0.281. The topological polar surface area (TPSA) is 35.1 Å². The first-order valence-electron chi connectivity index (χ1n) is 6.38. The average molecular weight is 235 g/mol. The lowest BCUT2D eigenvalue weighted by atomic mass is 9.87. The molecule has 0 saturated heterocycles. The van der Waals surface area contributed by atoms with E-state index < -0.39 is 0 Å². The molecule has 1 aromatic rings. The highest BCUT2D eigenvalue weighted by atomic mass is 16.4. The number of aromatic nitrogens is 1. The van der Waals surface area contributed by atoms with Gasteiger partial charge in [-0.05, 0) is 51.0 Å². The van der Waals surface area contributed by atoms with E-state index in [4.69, 9.17) is 4.42 Å². The molecule has 0 atom stereocenters. The van der Waals surface area contributed by atoms with Gasteiger partial charge in [0.15, 0.2) is 5.42 Å². The fourth-order valence-corrected chi connectivity index (χ4v) is 2.68. The van der Waals surface area contributed by atoms with E-state index in [1.807, 2.05) is 13.8 Å². The third-order valence-electron chi connectivity index (χ3n) is 3.74. The predicted molar refractivity (Wildman–Crippen MR) is 69.2 cm³/mol. The van der Waals surface area contributed by atoms with Gasteiger partial charge < -0.3 is 4.42 Å². The summed E-state index contributed by atoms with van der Waals surface area (Å²) >= 11 is 0. The third-order valence-corrected chi connectivity index (χ3v) is 3.74. The Labute approximate surface area is 101 Å². The van der Waals surface area contributed by atoms with Gasteiger partial charge in [-0.15, -0.1) is 0 Å². The molecule has 0 N–H and O–H groups in total. The molecule has 2 rings (SSSR count). The molecule has 1 aromatic heterocycles. The quantitative estimate of drug-likeness (QED) is 0.744. The maximum atomic E-state index is 11.9. The van der Waals surface area contributed by atoms with E-state index in [9.17, 15) is 4.79 Å². The van der Waals surface area contributed by atoms with E-state index in [1.165, 1.54) is 12.8 Å². The summed E-state index contributed by atoms with van der Waals surface area (Å²) in [4.78, 5) is 11.9. The molecule has 1 fully saturated rings. The molecule has 17 heavy (non-hydrogen) atoms. The van der Waals surface area contributed by atoms with Crippen LogP contribution in [0.3, 0.4) is 0 Å². The van der Waals surface area contributed by atoms with Gasteiger partial charge in [-0.1, -0.05) is 13.5 Å². The maximum absolute atomic E-state index is 11.9. The van der Waals surface area contributed by atoms with Crippen molar-refractivity contribution in [1.82, 2.24) is 4.57 Å². The number of hydrogen-bond acceptors (Lipinski definition) is 2. The summed E-state index contributed by atoms with van der Waals surface area (Å²) in [5.74, 6) is 0.534. The molecule has 3 nitrogen and oxygen atoms in total. The lowest BCUT2D eigenvalue weighted by Gasteiger charge is -2.26. The largest absolute Gasteiger partial charge is 0.420 e. The number of nitrogens with zero attached hydrogens (tertiary/aromatic N) is 1. The van der Waals surface area contributed by atoms with Gasteiger partial charge in [0, 0.05) is 6.04 Å². The summed E-state index contributed by atoms with van der Waals surface area (Å²) in [7, 11) is 0. The van der Waals surface area contributed by atoms with Crippen molar-refractivity contribution in [3.63, 3.8) is 0 Å². The Hall–Kier alpha value is -1.25. The molecule has 94 valence electrons. The normalized spacial score (nSPS) is 24.9. The second-order valence-corrected chi connectivity index (χ2v) is 5.43. The molecule has 3 heteroatoms. The van der Waals surface area contributed by atoms with Gasteiger partial charge >= 0.3 is 5.76 Å². The molecule has 1 aliphatic carbocycles. The van der Waals surface area contributed by atoms with Gasteiger partial charge in [-0.3, -0.25) is 4.57 Å². The first kappa shape index (κ1) is 12.2. The Balaban J connectivity index is 2.44. The van der Waals surface area contributed by atoms with E-state index in [-0.39, 0.29) is 11.8 Å². The molecule has 1 saturated carbocycles. The SMILES string of the molecule is C=c1c(=C(C)C)oc(=O)n1C1CCC(C)CC1. The summed E-state index contributed by atoms with van der Waals surface area (Å²) in [5, 5.41) is 0.745. The van der Waals surface area contributed by atoms with Gasteiger partial charge in [0.2, 0.25) is 0 Å². The van der Waals surface area contributed by atoms with Crippen LogP contribution >= 0.6 is 0 Å². The second-order valence-electron chi connectivity index (χ2n) is 5.43. The zero-order chi connectivity index (χ0) is 12.6. The summed E-state index contributed by atoms with van der Waals surface area (Å²) in [6.45, 7) is 10.2. The zero-order valence-corrected chi connectivity index (χ0v) is 11.0. The Morgan fingerprint density at radius 3 is 2.35 bits per heavy atom. The van der Waals surface area contributed by atoms with Gasteiger partial charge in [-0.2, -0.15) is 0 Å². The highest BCUT2D eigenvalue weighted by molar-refractivity contribution is 5.34. The summed E-state index contributed by atoms with van der Waals surface area (Å²) in [6.07, 6.45) is 4.49. The third kappa shape index (κ3) is 2.24. The fraction of sp³-hybridized carbons (Fsp3) is 0.643. The van der Waals surface area contributed by atoms with Crippen LogP contribution in [0.15, 0.2) is 9.21 Å². The van der Waals surface area contributed by atoms with Crippen LogP contribution in [0.1, 0.15) is 52.5 Å². The van der Waals surface area contributed by atoms with Crippen LogP contribution in [-0.4, -0.2) is 4.57 Å². The van der Waals surface area contributed by atoms with Gasteiger partial charge in [0.05, 0.1) is 5.35 Å². The van der Waals surface area contributed by atoms with Crippen LogP contribution < -0.4 is 16.5 Å². The highest BCUT2D eigenvalue weighted by Gasteiger charge is 2.22. The molecule has 0 aromatic carbocycles. The molecule has 0 aliphatic heterocycles. The van der Waals surface area contributed by atoms with E-state index in [2.05, 4.69) is 13.5 Å². The zero-order valence-electron chi connectivity index (χ0n) is 11.0. The van der Waals surface area contributed by atoms with Gasteiger partial charge in [0.25, 0.3) is 0 Å². The van der Waals surface area contributed by atoms with E-state index in [0.29, 0.717) is 5.42 Å². The molecule has 1 heterocycles. The van der Waals surface area contributed by atoms with Crippen molar-refractivity contribution < 1.29 is 4.42 Å². The smallest absolute Gasteiger partial charge is 0.408 e. The summed E-state index contributed by atoms with van der Waals surface area (Å²) in [5.41, 5.74) is 1.67. The highest BCUT2D eigenvalue weighted by Crippen LogP contribution is 2.29. The second kappa shape index (κ2) is 4.55. The molecular weight excluding hydrogens is 214 g/mol. The minimum absolute atomic E-state index is 0.245. The summed E-state index contributed by atoms with van der Waals surface area (Å²) < 4.78 is 7.05. The van der Waals surface area contributed by atoms with Crippen molar-refractivity contribution >= 4 is 12.2 Å². The van der Waals surface area contributed by atoms with Crippen molar-refractivity contribution in [1.29, 1.82) is 0 Å². The first-order valence-corrected chi connectivity index (χ1v) is 6.38. The lowest BCUT2D eigenvalue weighted by molar-refractivity contribution is 0.274. The predicted octanol–water partition coefficient (Wildman–Crippen LogP) is 1.79. The first-order chi connectivity index (χ1) is 8.00. The monoisotopic (exact) mass is 235 g/mol. The Morgan fingerprint density at radius 1 is 1.29 bits per heavy atom. The number of rotatable bonds is 1. The van der Waals surface area contributed by atoms with Crippen molar-refractivity contribution in [3.05, 3.63) is 21.3 Å². The average Bonchev–Trinajstić information content (AvgIpc) is 2.56.